The number of pyridine rings is 1. The zero-order valence-electron chi connectivity index (χ0n) is 38.8. The molecule has 0 spiro atoms. The van der Waals surface area contributed by atoms with Crippen molar-refractivity contribution in [3.8, 4) is 78.6 Å². The molecule has 0 atom stereocenters. The van der Waals surface area contributed by atoms with Crippen molar-refractivity contribution in [1.29, 1.82) is 0 Å². The molecule has 5 heteroatoms. The summed E-state index contributed by atoms with van der Waals surface area (Å²) in [6.07, 6.45) is 1.71. The van der Waals surface area contributed by atoms with E-state index in [9.17, 15) is 5.11 Å². The van der Waals surface area contributed by atoms with Crippen LogP contribution in [0.5, 0.6) is 5.75 Å². The summed E-state index contributed by atoms with van der Waals surface area (Å²) in [7, 11) is 0. The molecular weight excluding hydrogens is 866 g/mol. The molecule has 9 aromatic rings. The van der Waals surface area contributed by atoms with Crippen molar-refractivity contribution < 1.29 is 38.5 Å². The van der Waals surface area contributed by atoms with Gasteiger partial charge in [-0.1, -0.05) is 138 Å². The van der Waals surface area contributed by atoms with Crippen LogP contribution in [0.25, 0.3) is 83.9 Å². The van der Waals surface area contributed by atoms with Gasteiger partial charge >= 0.3 is 0 Å². The van der Waals surface area contributed by atoms with Crippen molar-refractivity contribution >= 4 is 11.0 Å². The number of imidazole rings is 1. The normalized spacial score (nSPS) is 14.1. The van der Waals surface area contributed by atoms with E-state index in [0.29, 0.717) is 56.1 Å². The molecule has 2 aromatic heterocycles. The second-order valence-corrected chi connectivity index (χ2v) is 13.3. The summed E-state index contributed by atoms with van der Waals surface area (Å²) in [6, 6.07) is 52.5. The average Bonchev–Trinajstić information content (AvgIpc) is 3.68. The molecule has 9 rings (SSSR count). The third-order valence-electron chi connectivity index (χ3n) is 9.82. The average molecular weight is 913 g/mol. The van der Waals surface area contributed by atoms with Crippen LogP contribution in [0.2, 0.25) is 0 Å². The Bertz CT molecular complexity index is 3180. The summed E-state index contributed by atoms with van der Waals surface area (Å²) in [5.41, 5.74) is 8.39. The predicted molar refractivity (Wildman–Crippen MR) is 226 cm³/mol. The summed E-state index contributed by atoms with van der Waals surface area (Å²) < 4.78 is 76.6. The molecule has 0 bridgehead atoms. The van der Waals surface area contributed by atoms with E-state index >= 15 is 0 Å². The van der Waals surface area contributed by atoms with Crippen LogP contribution in [0.1, 0.15) is 29.0 Å². The minimum atomic E-state index is -2.81. The van der Waals surface area contributed by atoms with Gasteiger partial charge < -0.3 is 5.11 Å². The van der Waals surface area contributed by atoms with Gasteiger partial charge in [0.2, 0.25) is 0 Å². The van der Waals surface area contributed by atoms with Crippen molar-refractivity contribution in [2.24, 2.45) is 0 Å². The second-order valence-electron chi connectivity index (χ2n) is 13.3. The van der Waals surface area contributed by atoms with E-state index in [1.165, 1.54) is 6.07 Å². The Balaban J connectivity index is 0.00000576. The van der Waals surface area contributed by atoms with Gasteiger partial charge in [0.25, 0.3) is 0 Å². The van der Waals surface area contributed by atoms with Crippen LogP contribution in [-0.2, 0) is 21.1 Å². The van der Waals surface area contributed by atoms with Gasteiger partial charge in [-0.15, -0.1) is 23.8 Å². The molecule has 274 valence electrons. The minimum Gasteiger partial charge on any atom is -0.507 e. The molecule has 0 saturated heterocycles. The van der Waals surface area contributed by atoms with E-state index in [1.807, 2.05) is 72.8 Å². The maximum atomic E-state index is 11.3. The zero-order valence-corrected chi connectivity index (χ0v) is 32.0. The molecule has 0 saturated carbocycles. The smallest absolute Gasteiger partial charge is 0.148 e. The summed E-state index contributed by atoms with van der Waals surface area (Å²) in [5.74, 6) is 0.244. The standard InChI is InChI=1S/C51H38N3O.Pt/c1-33-21-23-37(24-22-33)39-25-26-52-47(31-39)42-29-40(36-13-6-4-7-14-36)28-41(30-42)44-18-12-19-48-50(44)53-51(45-17-10-11-20-49(45)55)54(48)43-27-34(2)35(3)46(32-43)38-15-8-5-9-16-38;/h4-29,31-32,55H,1-3H3;/q-1;/i1D3,2D3,3D3;. The van der Waals surface area contributed by atoms with E-state index in [0.717, 1.165) is 22.3 Å². The summed E-state index contributed by atoms with van der Waals surface area (Å²) in [4.78, 5) is 9.98. The first-order valence-corrected chi connectivity index (χ1v) is 17.8. The molecule has 0 aliphatic heterocycles. The number of rotatable bonds is 7. The third-order valence-corrected chi connectivity index (χ3v) is 9.82. The number of fused-ring (bicyclic) bond motifs is 1. The Labute approximate surface area is 354 Å². The minimum absolute atomic E-state index is 0. The maximum Gasteiger partial charge on any atom is 0.148 e. The molecule has 2 heterocycles. The van der Waals surface area contributed by atoms with Gasteiger partial charge in [0, 0.05) is 51.0 Å². The molecule has 0 aliphatic carbocycles. The largest absolute Gasteiger partial charge is 0.507 e. The van der Waals surface area contributed by atoms with E-state index in [4.69, 9.17) is 22.3 Å². The maximum absolute atomic E-state index is 11.3. The van der Waals surface area contributed by atoms with Crippen LogP contribution < -0.4 is 0 Å². The summed E-state index contributed by atoms with van der Waals surface area (Å²) in [5, 5.41) is 11.3. The molecule has 7 aromatic carbocycles. The molecule has 0 fully saturated rings. The topological polar surface area (TPSA) is 50.9 Å². The molecule has 4 nitrogen and oxygen atoms in total. The first kappa shape index (κ1) is 27.3. The molecule has 1 N–H and O–H groups in total. The van der Waals surface area contributed by atoms with Crippen molar-refractivity contribution in [2.45, 2.75) is 20.6 Å². The fourth-order valence-corrected chi connectivity index (χ4v) is 7.09. The third kappa shape index (κ3) is 6.89. The molecule has 0 aliphatic rings. The van der Waals surface area contributed by atoms with Gasteiger partial charge in [0.1, 0.15) is 11.6 Å². The van der Waals surface area contributed by atoms with Crippen LogP contribution in [0.15, 0.2) is 170 Å². The number of aryl methyl sites for hydroxylation is 2. The Morgan fingerprint density at radius 1 is 0.571 bits per heavy atom. The number of phenols is 1. The van der Waals surface area contributed by atoms with Crippen LogP contribution in [0.3, 0.4) is 0 Å². The van der Waals surface area contributed by atoms with E-state index in [2.05, 4.69) is 6.07 Å². The van der Waals surface area contributed by atoms with E-state index < -0.39 is 20.6 Å². The Hall–Kier alpha value is -6.35. The molecule has 0 radical (unpaired) electrons. The van der Waals surface area contributed by atoms with Crippen LogP contribution in [0.4, 0.5) is 0 Å². The van der Waals surface area contributed by atoms with Gasteiger partial charge in [-0.2, -0.15) is 0 Å². The quantitative estimate of drug-likeness (QED) is 0.162. The second kappa shape index (κ2) is 15.4. The molecule has 0 unspecified atom stereocenters. The number of aromatic nitrogens is 3. The SMILES string of the molecule is [2H]C([2H])([2H])c1ccc(-c2ccnc(-c3[c-]c(-c4cccc5c4nc(-c4ccccc4O)n5-c4cc(-c5ccccc5)c(C([2H])([2H])[2H])c(C([2H])([2H])[2H])c4)cc(-c4ccccc4)c3)c2)cc1.[Pt]. The van der Waals surface area contributed by atoms with Crippen molar-refractivity contribution in [1.82, 2.24) is 14.5 Å². The number of nitrogens with zero attached hydrogens (tertiary/aromatic N) is 3. The fourth-order valence-electron chi connectivity index (χ4n) is 7.09. The number of hydrogen-bond acceptors (Lipinski definition) is 3. The van der Waals surface area contributed by atoms with Gasteiger partial charge in [0.05, 0.1) is 16.6 Å². The summed E-state index contributed by atoms with van der Waals surface area (Å²) in [6.45, 7) is -7.80. The number of phenolic OH excluding ortho intramolecular Hbond substituents is 1. The van der Waals surface area contributed by atoms with E-state index in [-0.39, 0.29) is 49.1 Å². The zero-order chi connectivity index (χ0) is 45.0. The van der Waals surface area contributed by atoms with Crippen LogP contribution in [-0.4, -0.2) is 19.6 Å². The fraction of sp³-hybridized carbons (Fsp3) is 0.0588. The van der Waals surface area contributed by atoms with E-state index in [1.54, 1.807) is 95.7 Å². The Morgan fingerprint density at radius 2 is 1.29 bits per heavy atom. The number of hydrogen-bond donors (Lipinski definition) is 1. The number of benzene rings is 7. The monoisotopic (exact) mass is 912 g/mol. The number of aromatic hydroxyl groups is 1. The molecular formula is C51H38N3OPt-. The molecule has 56 heavy (non-hydrogen) atoms. The Morgan fingerprint density at radius 3 is 2.04 bits per heavy atom. The van der Waals surface area contributed by atoms with Crippen LogP contribution in [0, 0.1) is 26.6 Å². The van der Waals surface area contributed by atoms with Gasteiger partial charge in [0.15, 0.2) is 0 Å². The predicted octanol–water partition coefficient (Wildman–Crippen LogP) is 12.9. The Kier molecular flexibility index (Phi) is 7.50. The first-order valence-electron chi connectivity index (χ1n) is 22.3. The summed E-state index contributed by atoms with van der Waals surface area (Å²) >= 11 is 0. The van der Waals surface area contributed by atoms with Crippen molar-refractivity contribution in [3.63, 3.8) is 0 Å². The first-order chi connectivity index (χ1) is 30.5. The van der Waals surface area contributed by atoms with Gasteiger partial charge in [-0.05, 0) is 95.9 Å². The van der Waals surface area contributed by atoms with Gasteiger partial charge in [-0.25, -0.2) is 4.98 Å². The molecule has 0 amide bonds. The van der Waals surface area contributed by atoms with Gasteiger partial charge in [-0.3, -0.25) is 9.55 Å². The van der Waals surface area contributed by atoms with Crippen molar-refractivity contribution in [2.75, 3.05) is 0 Å². The number of para-hydroxylation sites is 2. The van der Waals surface area contributed by atoms with Crippen LogP contribution >= 0.6 is 0 Å². The van der Waals surface area contributed by atoms with Crippen molar-refractivity contribution in [3.05, 3.63) is 193 Å².